The summed E-state index contributed by atoms with van der Waals surface area (Å²) < 4.78 is 6.94. The largest absolute Gasteiger partial charge is 0.492 e. The number of ether oxygens (including phenoxy) is 1. The highest BCUT2D eigenvalue weighted by Gasteiger charge is 2.03. The maximum Gasteiger partial charge on any atom is 0.132 e. The summed E-state index contributed by atoms with van der Waals surface area (Å²) in [5.74, 6) is 0.841. The third-order valence-corrected chi connectivity index (χ3v) is 4.53. The van der Waals surface area contributed by atoms with Crippen LogP contribution in [0.25, 0.3) is 10.8 Å². The molecular weight excluding hydrogens is 387 g/mol. The molecular formula is C19H17IO2. The monoisotopic (exact) mass is 404 g/mol. The molecule has 0 saturated heterocycles. The Morgan fingerprint density at radius 3 is 2.45 bits per heavy atom. The summed E-state index contributed by atoms with van der Waals surface area (Å²) in [6.45, 7) is 0.668. The number of benzene rings is 3. The molecule has 3 heteroatoms. The molecule has 2 nitrogen and oxygen atoms in total. The normalized spacial score (nSPS) is 10.8. The number of hydrogen-bond acceptors (Lipinski definition) is 2. The fraction of sp³-hybridized carbons (Fsp3) is 0.158. The van der Waals surface area contributed by atoms with Gasteiger partial charge in [-0.25, -0.2) is 0 Å². The SMILES string of the molecule is OCc1ccc(I)c(OCCc2ccc3ccccc3c2)c1. The minimum Gasteiger partial charge on any atom is -0.492 e. The molecule has 0 spiro atoms. The Morgan fingerprint density at radius 2 is 1.64 bits per heavy atom. The molecule has 3 rings (SSSR count). The van der Waals surface area contributed by atoms with E-state index in [1.165, 1.54) is 16.3 Å². The van der Waals surface area contributed by atoms with Crippen molar-refractivity contribution < 1.29 is 9.84 Å². The minimum atomic E-state index is 0.0396. The van der Waals surface area contributed by atoms with E-state index in [4.69, 9.17) is 4.74 Å². The summed E-state index contributed by atoms with van der Waals surface area (Å²) in [6.07, 6.45) is 0.865. The van der Waals surface area contributed by atoms with Crippen LogP contribution in [0.2, 0.25) is 0 Å². The van der Waals surface area contributed by atoms with Crippen LogP contribution in [-0.4, -0.2) is 11.7 Å². The molecule has 0 aromatic heterocycles. The van der Waals surface area contributed by atoms with E-state index in [-0.39, 0.29) is 6.61 Å². The molecule has 3 aromatic carbocycles. The molecule has 1 N–H and O–H groups in total. The van der Waals surface area contributed by atoms with Crippen LogP contribution in [0.1, 0.15) is 11.1 Å². The molecule has 0 aliphatic heterocycles. The fourth-order valence-electron chi connectivity index (χ4n) is 2.43. The van der Waals surface area contributed by atoms with Crippen LogP contribution in [0.4, 0.5) is 0 Å². The Bertz CT molecular complexity index is 783. The summed E-state index contributed by atoms with van der Waals surface area (Å²) >= 11 is 2.25. The molecule has 22 heavy (non-hydrogen) atoms. The van der Waals surface area contributed by atoms with E-state index in [2.05, 4.69) is 65.1 Å². The maximum atomic E-state index is 9.20. The lowest BCUT2D eigenvalue weighted by Crippen LogP contribution is -2.03. The standard InChI is InChI=1S/C19H17IO2/c20-18-8-6-15(13-21)12-19(18)22-10-9-14-5-7-16-3-1-2-4-17(16)11-14/h1-8,11-12,21H,9-10,13H2. The average Bonchev–Trinajstić information content (AvgIpc) is 2.56. The van der Waals surface area contributed by atoms with Gasteiger partial charge in [-0.3, -0.25) is 0 Å². The van der Waals surface area contributed by atoms with Crippen LogP contribution in [0.3, 0.4) is 0 Å². The highest BCUT2D eigenvalue weighted by molar-refractivity contribution is 14.1. The lowest BCUT2D eigenvalue weighted by atomic mass is 10.1. The van der Waals surface area contributed by atoms with Gasteiger partial charge < -0.3 is 9.84 Å². The van der Waals surface area contributed by atoms with E-state index >= 15 is 0 Å². The molecule has 0 saturated carbocycles. The maximum absolute atomic E-state index is 9.20. The quantitative estimate of drug-likeness (QED) is 0.632. The van der Waals surface area contributed by atoms with Gasteiger partial charge in [0.15, 0.2) is 0 Å². The minimum absolute atomic E-state index is 0.0396. The number of rotatable bonds is 5. The molecule has 0 bridgehead atoms. The zero-order valence-corrected chi connectivity index (χ0v) is 14.3. The molecule has 0 aliphatic carbocycles. The number of aliphatic hydroxyl groups is 1. The Kier molecular flexibility index (Phi) is 4.95. The van der Waals surface area contributed by atoms with Gasteiger partial charge in [-0.15, -0.1) is 0 Å². The molecule has 0 atom stereocenters. The van der Waals surface area contributed by atoms with Crippen LogP contribution in [0.5, 0.6) is 5.75 Å². The molecule has 0 radical (unpaired) electrons. The zero-order chi connectivity index (χ0) is 15.4. The van der Waals surface area contributed by atoms with Crippen LogP contribution < -0.4 is 4.74 Å². The van der Waals surface area contributed by atoms with Crippen LogP contribution in [0, 0.1) is 3.57 Å². The van der Waals surface area contributed by atoms with Gasteiger partial charge in [-0.1, -0.05) is 48.5 Å². The van der Waals surface area contributed by atoms with Crippen molar-refractivity contribution in [3.05, 3.63) is 75.4 Å². The highest BCUT2D eigenvalue weighted by Crippen LogP contribution is 2.23. The van der Waals surface area contributed by atoms with E-state index in [1.807, 2.05) is 18.2 Å². The Labute approximate surface area is 143 Å². The van der Waals surface area contributed by atoms with Crippen molar-refractivity contribution in [2.75, 3.05) is 6.61 Å². The summed E-state index contributed by atoms with van der Waals surface area (Å²) in [4.78, 5) is 0. The summed E-state index contributed by atoms with van der Waals surface area (Å²) in [5.41, 5.74) is 2.15. The average molecular weight is 404 g/mol. The first-order valence-electron chi connectivity index (χ1n) is 7.26. The van der Waals surface area contributed by atoms with Crippen molar-refractivity contribution >= 4 is 33.4 Å². The van der Waals surface area contributed by atoms with E-state index in [0.29, 0.717) is 6.61 Å². The van der Waals surface area contributed by atoms with Gasteiger partial charge in [0.1, 0.15) is 5.75 Å². The van der Waals surface area contributed by atoms with Gasteiger partial charge in [-0.2, -0.15) is 0 Å². The van der Waals surface area contributed by atoms with Crippen molar-refractivity contribution in [1.82, 2.24) is 0 Å². The molecule has 0 heterocycles. The number of aliphatic hydroxyl groups excluding tert-OH is 1. The van der Waals surface area contributed by atoms with Gasteiger partial charge in [0.25, 0.3) is 0 Å². The predicted molar refractivity (Wildman–Crippen MR) is 98.2 cm³/mol. The number of fused-ring (bicyclic) bond motifs is 1. The van der Waals surface area contributed by atoms with E-state index in [9.17, 15) is 5.11 Å². The Balaban J connectivity index is 1.67. The molecule has 0 aliphatic rings. The fourth-order valence-corrected chi connectivity index (χ4v) is 2.92. The highest BCUT2D eigenvalue weighted by atomic mass is 127. The van der Waals surface area contributed by atoms with Crippen molar-refractivity contribution in [1.29, 1.82) is 0 Å². The predicted octanol–water partition coefficient (Wildman–Crippen LogP) is 4.56. The molecule has 112 valence electrons. The van der Waals surface area contributed by atoms with Gasteiger partial charge in [0.05, 0.1) is 16.8 Å². The molecule has 3 aromatic rings. The van der Waals surface area contributed by atoms with Crippen molar-refractivity contribution in [2.24, 2.45) is 0 Å². The second kappa shape index (κ2) is 7.11. The first kappa shape index (κ1) is 15.3. The third kappa shape index (κ3) is 3.59. The summed E-state index contributed by atoms with van der Waals surface area (Å²) in [6, 6.07) is 20.7. The molecule has 0 unspecified atom stereocenters. The number of halogens is 1. The van der Waals surface area contributed by atoms with Crippen LogP contribution in [0.15, 0.2) is 60.7 Å². The summed E-state index contributed by atoms with van der Waals surface area (Å²) in [5, 5.41) is 11.7. The lowest BCUT2D eigenvalue weighted by Gasteiger charge is -2.10. The summed E-state index contributed by atoms with van der Waals surface area (Å²) in [7, 11) is 0. The van der Waals surface area contributed by atoms with Gasteiger partial charge >= 0.3 is 0 Å². The Hall–Kier alpha value is -1.59. The first-order chi connectivity index (χ1) is 10.8. The van der Waals surface area contributed by atoms with Gasteiger partial charge in [-0.05, 0) is 56.6 Å². The second-order valence-corrected chi connectivity index (χ2v) is 6.37. The van der Waals surface area contributed by atoms with Gasteiger partial charge in [0.2, 0.25) is 0 Å². The Morgan fingerprint density at radius 1 is 0.864 bits per heavy atom. The van der Waals surface area contributed by atoms with Crippen LogP contribution in [-0.2, 0) is 13.0 Å². The first-order valence-corrected chi connectivity index (χ1v) is 8.34. The second-order valence-electron chi connectivity index (χ2n) is 5.20. The van der Waals surface area contributed by atoms with Crippen LogP contribution >= 0.6 is 22.6 Å². The van der Waals surface area contributed by atoms with Gasteiger partial charge in [0, 0.05) is 6.42 Å². The van der Waals surface area contributed by atoms with Crippen molar-refractivity contribution in [2.45, 2.75) is 13.0 Å². The number of hydrogen-bond donors (Lipinski definition) is 1. The zero-order valence-electron chi connectivity index (χ0n) is 12.1. The topological polar surface area (TPSA) is 29.5 Å². The van der Waals surface area contributed by atoms with Crippen molar-refractivity contribution in [3.8, 4) is 5.75 Å². The van der Waals surface area contributed by atoms with E-state index in [1.54, 1.807) is 0 Å². The van der Waals surface area contributed by atoms with E-state index in [0.717, 1.165) is 21.3 Å². The smallest absolute Gasteiger partial charge is 0.132 e. The van der Waals surface area contributed by atoms with E-state index < -0.39 is 0 Å². The third-order valence-electron chi connectivity index (χ3n) is 3.64. The molecule has 0 amide bonds. The van der Waals surface area contributed by atoms with Crippen molar-refractivity contribution in [3.63, 3.8) is 0 Å². The molecule has 0 fully saturated rings. The lowest BCUT2D eigenvalue weighted by molar-refractivity contribution is 0.279.